The topological polar surface area (TPSA) is 101 Å². The maximum atomic E-state index is 9.79. The van der Waals surface area contributed by atoms with E-state index < -0.39 is 0 Å². The molecule has 0 aliphatic carbocycles. The van der Waals surface area contributed by atoms with Crippen molar-refractivity contribution >= 4 is 44.0 Å². The number of benzene rings is 4. The Kier molecular flexibility index (Phi) is 2.88. The third-order valence-corrected chi connectivity index (χ3v) is 4.73. The average Bonchev–Trinajstić information content (AvgIpc) is 3.08. The van der Waals surface area contributed by atoms with Crippen LogP contribution in [-0.2, 0) is 0 Å². The van der Waals surface area contributed by atoms with Crippen molar-refractivity contribution in [2.75, 3.05) is 11.5 Å². The van der Waals surface area contributed by atoms with E-state index in [1.54, 1.807) is 18.2 Å². The van der Waals surface area contributed by atoms with E-state index in [1.165, 1.54) is 0 Å². The summed E-state index contributed by atoms with van der Waals surface area (Å²) in [5, 5.41) is 14.0. The summed E-state index contributed by atoms with van der Waals surface area (Å²) in [6, 6.07) is 18.8. The van der Waals surface area contributed by atoms with E-state index >= 15 is 0 Å². The molecule has 5 aromatic rings. The van der Waals surface area contributed by atoms with Gasteiger partial charge in [0, 0.05) is 27.7 Å². The van der Waals surface area contributed by atoms with Crippen LogP contribution in [0.4, 0.5) is 11.4 Å². The number of nitrogens with zero attached hydrogens (tertiary/aromatic N) is 1. The van der Waals surface area contributed by atoms with Crippen molar-refractivity contribution in [2.45, 2.75) is 0 Å². The molecule has 26 heavy (non-hydrogen) atoms. The molecule has 0 saturated carbocycles. The lowest BCUT2D eigenvalue weighted by Crippen LogP contribution is -1.89. The number of aromatic amines is 1. The largest absolute Gasteiger partial charge is 0.508 e. The van der Waals surface area contributed by atoms with Crippen LogP contribution in [0.2, 0.25) is 0 Å². The second kappa shape index (κ2) is 5.13. The Balaban J connectivity index is 1.97. The first-order valence-electron chi connectivity index (χ1n) is 8.30. The van der Waals surface area contributed by atoms with E-state index in [-0.39, 0.29) is 5.75 Å². The molecule has 0 bridgehead atoms. The fourth-order valence-electron chi connectivity index (χ4n) is 3.55. The number of imidazole rings is 1. The number of aromatic hydroxyl groups is 1. The van der Waals surface area contributed by atoms with Gasteiger partial charge < -0.3 is 21.6 Å². The molecule has 0 atom stereocenters. The highest BCUT2D eigenvalue weighted by Gasteiger charge is 2.14. The normalized spacial score (nSPS) is 11.5. The van der Waals surface area contributed by atoms with Crippen molar-refractivity contribution in [3.05, 3.63) is 60.7 Å². The Morgan fingerprint density at radius 2 is 1.46 bits per heavy atom. The fraction of sp³-hybridized carbons (Fsp3) is 0. The highest BCUT2D eigenvalue weighted by Crippen LogP contribution is 2.37. The van der Waals surface area contributed by atoms with Gasteiger partial charge in [-0.2, -0.15) is 0 Å². The summed E-state index contributed by atoms with van der Waals surface area (Å²) in [7, 11) is 0. The van der Waals surface area contributed by atoms with E-state index in [4.69, 9.17) is 16.5 Å². The van der Waals surface area contributed by atoms with Crippen molar-refractivity contribution in [3.8, 4) is 17.1 Å². The summed E-state index contributed by atoms with van der Waals surface area (Å²) in [5.41, 5.74) is 16.0. The number of nitrogens with two attached hydrogens (primary N) is 2. The van der Waals surface area contributed by atoms with Crippen molar-refractivity contribution in [1.82, 2.24) is 9.97 Å². The second-order valence-corrected chi connectivity index (χ2v) is 6.47. The first kappa shape index (κ1) is 14.6. The number of nitrogens with one attached hydrogen (secondary N) is 1. The predicted octanol–water partition coefficient (Wildman–Crippen LogP) is 4.41. The number of rotatable bonds is 1. The van der Waals surface area contributed by atoms with Crippen LogP contribution in [0.15, 0.2) is 60.7 Å². The van der Waals surface area contributed by atoms with Gasteiger partial charge in [0.05, 0.1) is 11.0 Å². The van der Waals surface area contributed by atoms with Gasteiger partial charge in [0.2, 0.25) is 0 Å². The first-order valence-corrected chi connectivity index (χ1v) is 8.30. The molecule has 0 spiro atoms. The Morgan fingerprint density at radius 1 is 0.769 bits per heavy atom. The smallest absolute Gasteiger partial charge is 0.138 e. The third kappa shape index (κ3) is 2.07. The Labute approximate surface area is 148 Å². The highest BCUT2D eigenvalue weighted by atomic mass is 16.3. The molecule has 126 valence electrons. The number of hydrogen-bond acceptors (Lipinski definition) is 4. The first-order chi connectivity index (χ1) is 12.6. The van der Waals surface area contributed by atoms with E-state index in [0.29, 0.717) is 17.2 Å². The van der Waals surface area contributed by atoms with Crippen LogP contribution in [0.1, 0.15) is 0 Å². The number of H-pyrrole nitrogens is 1. The molecule has 5 heteroatoms. The number of phenolic OH excluding ortho intramolecular Hbond substituents is 1. The molecular weight excluding hydrogens is 324 g/mol. The lowest BCUT2D eigenvalue weighted by molar-refractivity contribution is 0.475. The lowest BCUT2D eigenvalue weighted by Gasteiger charge is -2.07. The average molecular weight is 340 g/mol. The van der Waals surface area contributed by atoms with Crippen LogP contribution >= 0.6 is 0 Å². The molecule has 0 amide bonds. The number of nitrogen functional groups attached to an aromatic ring is 2. The van der Waals surface area contributed by atoms with Crippen LogP contribution in [0, 0.1) is 0 Å². The van der Waals surface area contributed by atoms with Gasteiger partial charge in [-0.15, -0.1) is 0 Å². The van der Waals surface area contributed by atoms with E-state index in [9.17, 15) is 5.11 Å². The fourth-order valence-corrected chi connectivity index (χ4v) is 3.55. The minimum atomic E-state index is 0.200. The van der Waals surface area contributed by atoms with E-state index in [0.717, 1.165) is 38.1 Å². The number of phenols is 1. The summed E-state index contributed by atoms with van der Waals surface area (Å²) >= 11 is 0. The van der Waals surface area contributed by atoms with Crippen LogP contribution < -0.4 is 11.5 Å². The third-order valence-electron chi connectivity index (χ3n) is 4.73. The Bertz CT molecular complexity index is 1240. The van der Waals surface area contributed by atoms with Gasteiger partial charge in [-0.05, 0) is 47.2 Å². The van der Waals surface area contributed by atoms with Gasteiger partial charge in [0.15, 0.2) is 0 Å². The second-order valence-electron chi connectivity index (χ2n) is 6.47. The molecule has 0 radical (unpaired) electrons. The summed E-state index contributed by atoms with van der Waals surface area (Å²) in [4.78, 5) is 8.21. The molecule has 5 rings (SSSR count). The molecule has 6 N–H and O–H groups in total. The minimum absolute atomic E-state index is 0.200. The molecular formula is C21H16N4O. The van der Waals surface area contributed by atoms with Gasteiger partial charge in [-0.1, -0.05) is 24.3 Å². The van der Waals surface area contributed by atoms with Crippen molar-refractivity contribution in [3.63, 3.8) is 0 Å². The molecule has 0 saturated heterocycles. The maximum absolute atomic E-state index is 9.79. The Morgan fingerprint density at radius 3 is 2.19 bits per heavy atom. The van der Waals surface area contributed by atoms with Crippen molar-refractivity contribution in [2.24, 2.45) is 0 Å². The number of aromatic nitrogens is 2. The van der Waals surface area contributed by atoms with E-state index in [2.05, 4.69) is 4.98 Å². The number of anilines is 2. The van der Waals surface area contributed by atoms with Crippen LogP contribution in [0.25, 0.3) is 44.0 Å². The number of fused-ring (bicyclic) bond motifs is 6. The zero-order valence-electron chi connectivity index (χ0n) is 13.8. The zero-order valence-corrected chi connectivity index (χ0v) is 13.8. The quantitative estimate of drug-likeness (QED) is 0.268. The lowest BCUT2D eigenvalue weighted by atomic mass is 9.99. The number of hydrogen-bond donors (Lipinski definition) is 4. The van der Waals surface area contributed by atoms with Crippen LogP contribution in [0.3, 0.4) is 0 Å². The van der Waals surface area contributed by atoms with Crippen LogP contribution in [0.5, 0.6) is 5.75 Å². The molecule has 0 unspecified atom stereocenters. The molecule has 0 aliphatic heterocycles. The Hall–Kier alpha value is -3.73. The zero-order chi connectivity index (χ0) is 17.8. The summed E-state index contributed by atoms with van der Waals surface area (Å²) in [5.74, 6) is 0.890. The van der Waals surface area contributed by atoms with Gasteiger partial charge in [0.1, 0.15) is 11.6 Å². The standard InChI is InChI=1S/C21H16N4O/c22-12-4-6-15-16-7-5-13(23)10-18(16)20-19(17(15)9-12)24-21(25-20)11-2-1-3-14(26)8-11/h1-10,26H,22-23H2,(H,24,25). The van der Waals surface area contributed by atoms with Gasteiger partial charge in [-0.25, -0.2) is 4.98 Å². The molecule has 5 nitrogen and oxygen atoms in total. The predicted molar refractivity (Wildman–Crippen MR) is 107 cm³/mol. The molecule has 0 aliphatic rings. The summed E-state index contributed by atoms with van der Waals surface area (Å²) in [6.07, 6.45) is 0. The molecule has 0 fully saturated rings. The SMILES string of the molecule is Nc1ccc2c3ccc(N)cc3c3[nH]c(-c4cccc(O)c4)nc3c2c1. The van der Waals surface area contributed by atoms with Crippen LogP contribution in [-0.4, -0.2) is 15.1 Å². The highest BCUT2D eigenvalue weighted by molar-refractivity contribution is 6.24. The van der Waals surface area contributed by atoms with Gasteiger partial charge in [0.25, 0.3) is 0 Å². The minimum Gasteiger partial charge on any atom is -0.508 e. The monoisotopic (exact) mass is 340 g/mol. The molecule has 1 heterocycles. The summed E-state index contributed by atoms with van der Waals surface area (Å²) in [6.45, 7) is 0. The van der Waals surface area contributed by atoms with Crippen molar-refractivity contribution < 1.29 is 5.11 Å². The van der Waals surface area contributed by atoms with Gasteiger partial charge in [-0.3, -0.25) is 0 Å². The molecule has 4 aromatic carbocycles. The van der Waals surface area contributed by atoms with Crippen molar-refractivity contribution in [1.29, 1.82) is 0 Å². The summed E-state index contributed by atoms with van der Waals surface area (Å²) < 4.78 is 0. The maximum Gasteiger partial charge on any atom is 0.138 e. The van der Waals surface area contributed by atoms with Gasteiger partial charge >= 0.3 is 0 Å². The van der Waals surface area contributed by atoms with E-state index in [1.807, 2.05) is 42.5 Å². The molecule has 1 aromatic heterocycles.